The first-order valence-corrected chi connectivity index (χ1v) is 9.47. The average molecular weight is 399 g/mol. The summed E-state index contributed by atoms with van der Waals surface area (Å²) in [6.45, 7) is 1.01. The van der Waals surface area contributed by atoms with Crippen LogP contribution in [0.1, 0.15) is 24.0 Å². The molecular formula is C18H18BrCl2N. The number of hydrogen-bond donors (Lipinski definition) is 0. The Hall–Kier alpha value is -0.700. The fourth-order valence-corrected chi connectivity index (χ4v) is 3.83. The minimum absolute atomic E-state index is 0.808. The highest BCUT2D eigenvalue weighted by atomic mass is 79.9. The second-order valence-electron chi connectivity index (χ2n) is 5.59. The van der Waals surface area contributed by atoms with Crippen molar-refractivity contribution in [2.75, 3.05) is 16.8 Å². The molecule has 1 nitrogen and oxygen atoms in total. The Balaban J connectivity index is 2.04. The maximum atomic E-state index is 6.20. The smallest absolute Gasteiger partial charge is 0.0444 e. The van der Waals surface area contributed by atoms with Crippen molar-refractivity contribution < 1.29 is 0 Å². The van der Waals surface area contributed by atoms with Gasteiger partial charge in [-0.2, -0.15) is 0 Å². The SMILES string of the molecule is Clc1ccc2c(c1)CCc1cc(Cl)ccc1N2CCCCBr. The highest BCUT2D eigenvalue weighted by molar-refractivity contribution is 9.09. The van der Waals surface area contributed by atoms with Crippen LogP contribution >= 0.6 is 39.1 Å². The molecule has 0 amide bonds. The molecule has 0 unspecified atom stereocenters. The third-order valence-electron chi connectivity index (χ3n) is 4.09. The van der Waals surface area contributed by atoms with Crippen LogP contribution in [0.2, 0.25) is 10.0 Å². The molecule has 0 saturated carbocycles. The zero-order valence-electron chi connectivity index (χ0n) is 12.3. The van der Waals surface area contributed by atoms with E-state index in [0.717, 1.165) is 41.2 Å². The highest BCUT2D eigenvalue weighted by Crippen LogP contribution is 2.38. The van der Waals surface area contributed by atoms with Gasteiger partial charge in [0.15, 0.2) is 0 Å². The second-order valence-corrected chi connectivity index (χ2v) is 7.26. The van der Waals surface area contributed by atoms with Crippen LogP contribution in [0.5, 0.6) is 0 Å². The summed E-state index contributed by atoms with van der Waals surface area (Å²) in [6.07, 6.45) is 4.31. The van der Waals surface area contributed by atoms with Gasteiger partial charge in [-0.05, 0) is 73.2 Å². The largest absolute Gasteiger partial charge is 0.341 e. The predicted octanol–water partition coefficient (Wildman–Crippen LogP) is 6.41. The number of benzene rings is 2. The highest BCUT2D eigenvalue weighted by Gasteiger charge is 2.20. The van der Waals surface area contributed by atoms with E-state index in [2.05, 4.69) is 45.1 Å². The third kappa shape index (κ3) is 3.45. The van der Waals surface area contributed by atoms with Crippen molar-refractivity contribution in [1.82, 2.24) is 0 Å². The van der Waals surface area contributed by atoms with Crippen LogP contribution in [0, 0.1) is 0 Å². The Morgan fingerprint density at radius 3 is 1.91 bits per heavy atom. The number of alkyl halides is 1. The molecule has 0 spiro atoms. The fourth-order valence-electron chi connectivity index (χ4n) is 3.04. The van der Waals surface area contributed by atoms with Gasteiger partial charge >= 0.3 is 0 Å². The molecule has 4 heteroatoms. The van der Waals surface area contributed by atoms with Gasteiger partial charge in [-0.25, -0.2) is 0 Å². The molecule has 0 radical (unpaired) electrons. The van der Waals surface area contributed by atoms with Gasteiger partial charge in [0.2, 0.25) is 0 Å². The number of unbranched alkanes of at least 4 members (excludes halogenated alkanes) is 1. The predicted molar refractivity (Wildman–Crippen MR) is 100 cm³/mol. The zero-order chi connectivity index (χ0) is 15.5. The molecule has 116 valence electrons. The molecule has 22 heavy (non-hydrogen) atoms. The second kappa shape index (κ2) is 7.25. The molecule has 0 fully saturated rings. The molecule has 0 aliphatic carbocycles. The van der Waals surface area contributed by atoms with Crippen LogP contribution in [0.25, 0.3) is 0 Å². The van der Waals surface area contributed by atoms with Gasteiger partial charge in [0.1, 0.15) is 0 Å². The Morgan fingerprint density at radius 2 is 1.41 bits per heavy atom. The Bertz CT molecular complexity index is 619. The zero-order valence-corrected chi connectivity index (χ0v) is 15.4. The quantitative estimate of drug-likeness (QED) is 0.425. The Kier molecular flexibility index (Phi) is 5.33. The molecule has 0 aromatic heterocycles. The first-order chi connectivity index (χ1) is 10.7. The van der Waals surface area contributed by atoms with Crippen molar-refractivity contribution in [2.45, 2.75) is 25.7 Å². The molecule has 0 saturated heterocycles. The summed E-state index contributed by atoms with van der Waals surface area (Å²) in [6, 6.07) is 12.5. The van der Waals surface area contributed by atoms with Gasteiger partial charge in [0, 0.05) is 33.3 Å². The first-order valence-electron chi connectivity index (χ1n) is 7.59. The molecular weight excluding hydrogens is 381 g/mol. The van der Waals surface area contributed by atoms with Gasteiger partial charge in [-0.15, -0.1) is 0 Å². The van der Waals surface area contributed by atoms with Gasteiger partial charge < -0.3 is 4.90 Å². The molecule has 0 atom stereocenters. The number of halogens is 3. The maximum absolute atomic E-state index is 6.20. The van der Waals surface area contributed by atoms with Gasteiger partial charge in [0.25, 0.3) is 0 Å². The van der Waals surface area contributed by atoms with Crippen molar-refractivity contribution in [2.24, 2.45) is 0 Å². The molecule has 2 aromatic carbocycles. The molecule has 1 heterocycles. The lowest BCUT2D eigenvalue weighted by molar-refractivity contribution is 0.794. The molecule has 2 aromatic rings. The van der Waals surface area contributed by atoms with Crippen LogP contribution < -0.4 is 4.90 Å². The van der Waals surface area contributed by atoms with Crippen molar-refractivity contribution in [3.05, 3.63) is 57.6 Å². The van der Waals surface area contributed by atoms with Crippen molar-refractivity contribution >= 4 is 50.5 Å². The molecule has 1 aliphatic heterocycles. The Labute approximate surface area is 150 Å². The van der Waals surface area contributed by atoms with Crippen LogP contribution in [0.3, 0.4) is 0 Å². The van der Waals surface area contributed by atoms with E-state index >= 15 is 0 Å². The van der Waals surface area contributed by atoms with Gasteiger partial charge in [-0.3, -0.25) is 0 Å². The fraction of sp³-hybridized carbons (Fsp3) is 0.333. The number of aryl methyl sites for hydroxylation is 2. The lowest BCUT2D eigenvalue weighted by Crippen LogP contribution is -2.19. The van der Waals surface area contributed by atoms with Gasteiger partial charge in [-0.1, -0.05) is 39.1 Å². The molecule has 1 aliphatic rings. The maximum Gasteiger partial charge on any atom is 0.0444 e. The average Bonchev–Trinajstić information content (AvgIpc) is 2.64. The van der Waals surface area contributed by atoms with E-state index in [9.17, 15) is 0 Å². The summed E-state index contributed by atoms with van der Waals surface area (Å²) in [5.41, 5.74) is 5.19. The monoisotopic (exact) mass is 397 g/mol. The number of hydrogen-bond acceptors (Lipinski definition) is 1. The lowest BCUT2D eigenvalue weighted by Gasteiger charge is -2.27. The molecule has 0 N–H and O–H groups in total. The molecule has 0 bridgehead atoms. The number of nitrogens with zero attached hydrogens (tertiary/aromatic N) is 1. The topological polar surface area (TPSA) is 3.24 Å². The minimum Gasteiger partial charge on any atom is -0.341 e. The number of fused-ring (bicyclic) bond motifs is 2. The summed E-state index contributed by atoms with van der Waals surface area (Å²) in [7, 11) is 0. The summed E-state index contributed by atoms with van der Waals surface area (Å²) in [5.74, 6) is 0. The van der Waals surface area contributed by atoms with E-state index in [1.165, 1.54) is 28.9 Å². The van der Waals surface area contributed by atoms with Crippen molar-refractivity contribution in [3.63, 3.8) is 0 Å². The van der Waals surface area contributed by atoms with Gasteiger partial charge in [0.05, 0.1) is 0 Å². The van der Waals surface area contributed by atoms with Crippen LogP contribution in [0.15, 0.2) is 36.4 Å². The van der Waals surface area contributed by atoms with Crippen LogP contribution in [0.4, 0.5) is 11.4 Å². The Morgan fingerprint density at radius 1 is 0.864 bits per heavy atom. The molecule has 3 rings (SSSR count). The van der Waals surface area contributed by atoms with E-state index < -0.39 is 0 Å². The van der Waals surface area contributed by atoms with Crippen molar-refractivity contribution in [1.29, 1.82) is 0 Å². The number of rotatable bonds is 4. The summed E-state index contributed by atoms with van der Waals surface area (Å²) < 4.78 is 0. The van der Waals surface area contributed by atoms with Crippen molar-refractivity contribution in [3.8, 4) is 0 Å². The van der Waals surface area contributed by atoms with E-state index in [1.54, 1.807) is 0 Å². The lowest BCUT2D eigenvalue weighted by atomic mass is 10.0. The summed E-state index contributed by atoms with van der Waals surface area (Å²) in [5, 5.41) is 2.66. The standard InChI is InChI=1S/C18H18BrCl2N/c19-9-1-2-10-22-17-7-5-15(20)11-13(17)3-4-14-12-16(21)6-8-18(14)22/h5-8,11-12H,1-4,9-10H2. The minimum atomic E-state index is 0.808. The summed E-state index contributed by atoms with van der Waals surface area (Å²) in [4.78, 5) is 2.42. The normalized spacial score (nSPS) is 13.5. The van der Waals surface area contributed by atoms with E-state index in [1.807, 2.05) is 12.1 Å². The first kappa shape index (κ1) is 16.2. The van der Waals surface area contributed by atoms with E-state index in [-0.39, 0.29) is 0 Å². The number of anilines is 2. The van der Waals surface area contributed by atoms with Crippen LogP contribution in [-0.2, 0) is 12.8 Å². The van der Waals surface area contributed by atoms with E-state index in [4.69, 9.17) is 23.2 Å². The summed E-state index contributed by atoms with van der Waals surface area (Å²) >= 11 is 15.9. The van der Waals surface area contributed by atoms with E-state index in [0.29, 0.717) is 0 Å². The third-order valence-corrected chi connectivity index (χ3v) is 5.12. The van der Waals surface area contributed by atoms with Crippen LogP contribution in [-0.4, -0.2) is 11.9 Å².